The van der Waals surface area contributed by atoms with Crippen molar-refractivity contribution in [3.8, 4) is 5.88 Å². The van der Waals surface area contributed by atoms with Gasteiger partial charge in [-0.2, -0.15) is 10.1 Å². The maximum Gasteiger partial charge on any atom is 0.262 e. The summed E-state index contributed by atoms with van der Waals surface area (Å²) >= 11 is 0. The SMILES string of the molecule is CCn1ccc(NC(=O)c2cc3c(nc2OC)nc(C(O)c2ccccc2)n3CC)n1. The summed E-state index contributed by atoms with van der Waals surface area (Å²) in [6.07, 6.45) is 0.870. The van der Waals surface area contributed by atoms with E-state index in [1.165, 1.54) is 7.11 Å². The Balaban J connectivity index is 1.76. The van der Waals surface area contributed by atoms with Crippen LogP contribution in [-0.4, -0.2) is 42.4 Å². The van der Waals surface area contributed by atoms with E-state index >= 15 is 0 Å². The van der Waals surface area contributed by atoms with E-state index in [4.69, 9.17) is 4.74 Å². The molecule has 1 aromatic carbocycles. The number of anilines is 1. The number of aliphatic hydroxyl groups is 1. The van der Waals surface area contributed by atoms with Crippen LogP contribution in [0.15, 0.2) is 48.7 Å². The minimum absolute atomic E-state index is 0.154. The minimum atomic E-state index is -0.920. The first-order chi connectivity index (χ1) is 15.0. The number of hydrogen-bond acceptors (Lipinski definition) is 6. The fourth-order valence-corrected chi connectivity index (χ4v) is 3.48. The molecule has 9 nitrogen and oxygen atoms in total. The zero-order valence-electron chi connectivity index (χ0n) is 17.6. The van der Waals surface area contributed by atoms with Gasteiger partial charge in [-0.05, 0) is 25.5 Å². The number of ether oxygens (including phenoxy) is 1. The number of benzene rings is 1. The lowest BCUT2D eigenvalue weighted by Gasteiger charge is -2.13. The summed E-state index contributed by atoms with van der Waals surface area (Å²) in [6.45, 7) is 5.16. The Morgan fingerprint density at radius 1 is 1.16 bits per heavy atom. The third kappa shape index (κ3) is 3.87. The number of aliphatic hydroxyl groups excluding tert-OH is 1. The summed E-state index contributed by atoms with van der Waals surface area (Å²) in [5.74, 6) is 0.665. The van der Waals surface area contributed by atoms with Crippen molar-refractivity contribution in [2.45, 2.75) is 33.0 Å². The number of aryl methyl sites for hydroxylation is 2. The van der Waals surface area contributed by atoms with Crippen molar-refractivity contribution in [1.82, 2.24) is 24.3 Å². The van der Waals surface area contributed by atoms with Gasteiger partial charge in [0.15, 0.2) is 11.5 Å². The van der Waals surface area contributed by atoms with Crippen molar-refractivity contribution < 1.29 is 14.6 Å². The Morgan fingerprint density at radius 2 is 1.94 bits per heavy atom. The summed E-state index contributed by atoms with van der Waals surface area (Å²) in [5.41, 5.74) is 2.02. The third-order valence-electron chi connectivity index (χ3n) is 5.06. The van der Waals surface area contributed by atoms with Crippen molar-refractivity contribution >= 4 is 22.9 Å². The van der Waals surface area contributed by atoms with Gasteiger partial charge >= 0.3 is 0 Å². The number of amides is 1. The lowest BCUT2D eigenvalue weighted by molar-refractivity contribution is 0.102. The van der Waals surface area contributed by atoms with Gasteiger partial charge in [0.1, 0.15) is 17.5 Å². The number of carbonyl (C=O) groups excluding carboxylic acids is 1. The van der Waals surface area contributed by atoms with E-state index in [1.54, 1.807) is 23.0 Å². The van der Waals surface area contributed by atoms with E-state index in [2.05, 4.69) is 20.4 Å². The number of aromatic nitrogens is 5. The first-order valence-electron chi connectivity index (χ1n) is 10.1. The molecule has 0 bridgehead atoms. The van der Waals surface area contributed by atoms with Crippen LogP contribution in [0.2, 0.25) is 0 Å². The largest absolute Gasteiger partial charge is 0.480 e. The fraction of sp³-hybridized carbons (Fsp3) is 0.273. The van der Waals surface area contributed by atoms with Gasteiger partial charge in [0, 0.05) is 25.4 Å². The summed E-state index contributed by atoms with van der Waals surface area (Å²) in [5, 5.41) is 18.0. The second-order valence-corrected chi connectivity index (χ2v) is 6.93. The molecule has 0 aliphatic heterocycles. The van der Waals surface area contributed by atoms with E-state index in [9.17, 15) is 9.90 Å². The van der Waals surface area contributed by atoms with E-state index in [-0.39, 0.29) is 17.4 Å². The van der Waals surface area contributed by atoms with Gasteiger partial charge in [-0.25, -0.2) is 4.98 Å². The van der Waals surface area contributed by atoms with Gasteiger partial charge in [0.25, 0.3) is 5.91 Å². The van der Waals surface area contributed by atoms with Crippen LogP contribution in [0.5, 0.6) is 5.88 Å². The van der Waals surface area contributed by atoms with Crippen LogP contribution in [0.3, 0.4) is 0 Å². The van der Waals surface area contributed by atoms with Crippen LogP contribution in [0, 0.1) is 0 Å². The van der Waals surface area contributed by atoms with E-state index in [0.717, 1.165) is 5.56 Å². The van der Waals surface area contributed by atoms with Gasteiger partial charge in [0.05, 0.1) is 12.6 Å². The van der Waals surface area contributed by atoms with E-state index < -0.39 is 6.10 Å². The summed E-state index contributed by atoms with van der Waals surface area (Å²) in [4.78, 5) is 21.9. The average molecular weight is 420 g/mol. The number of rotatable bonds is 7. The topological polar surface area (TPSA) is 107 Å². The highest BCUT2D eigenvalue weighted by Crippen LogP contribution is 2.28. The highest BCUT2D eigenvalue weighted by molar-refractivity contribution is 6.06. The normalized spacial score (nSPS) is 12.1. The Morgan fingerprint density at radius 3 is 2.58 bits per heavy atom. The number of carbonyl (C=O) groups is 1. The molecule has 9 heteroatoms. The Bertz CT molecular complexity index is 1210. The first-order valence-corrected chi connectivity index (χ1v) is 10.1. The number of imidazole rings is 1. The molecule has 3 aromatic heterocycles. The second kappa shape index (κ2) is 8.57. The molecule has 2 N–H and O–H groups in total. The molecular weight excluding hydrogens is 396 g/mol. The van der Waals surface area contributed by atoms with Crippen molar-refractivity contribution in [2.75, 3.05) is 12.4 Å². The van der Waals surface area contributed by atoms with Gasteiger partial charge in [-0.3, -0.25) is 9.48 Å². The Hall–Kier alpha value is -3.72. The molecule has 4 aromatic rings. The number of fused-ring (bicyclic) bond motifs is 1. The molecule has 0 aliphatic carbocycles. The van der Waals surface area contributed by atoms with Gasteiger partial charge in [-0.1, -0.05) is 30.3 Å². The predicted molar refractivity (Wildman–Crippen MR) is 116 cm³/mol. The molecule has 4 rings (SSSR count). The fourth-order valence-electron chi connectivity index (χ4n) is 3.48. The summed E-state index contributed by atoms with van der Waals surface area (Å²) < 4.78 is 8.93. The molecular formula is C22H24N6O3. The quantitative estimate of drug-likeness (QED) is 0.476. The number of pyridine rings is 1. The third-order valence-corrected chi connectivity index (χ3v) is 5.06. The highest BCUT2D eigenvalue weighted by atomic mass is 16.5. The molecule has 31 heavy (non-hydrogen) atoms. The van der Waals surface area contributed by atoms with Crippen LogP contribution in [0.1, 0.15) is 41.7 Å². The van der Waals surface area contributed by atoms with Crippen molar-refractivity contribution in [3.05, 3.63) is 65.6 Å². The number of methoxy groups -OCH3 is 1. The molecule has 1 amide bonds. The lowest BCUT2D eigenvalue weighted by Crippen LogP contribution is -2.15. The molecule has 0 fully saturated rings. The van der Waals surface area contributed by atoms with Crippen molar-refractivity contribution in [3.63, 3.8) is 0 Å². The lowest BCUT2D eigenvalue weighted by atomic mass is 10.1. The summed E-state index contributed by atoms with van der Waals surface area (Å²) in [6, 6.07) is 12.7. The summed E-state index contributed by atoms with van der Waals surface area (Å²) in [7, 11) is 1.45. The monoisotopic (exact) mass is 420 g/mol. The molecule has 0 aliphatic rings. The molecule has 3 heterocycles. The molecule has 0 spiro atoms. The van der Waals surface area contributed by atoms with Crippen LogP contribution in [0.4, 0.5) is 5.82 Å². The van der Waals surface area contributed by atoms with Crippen LogP contribution in [0.25, 0.3) is 11.2 Å². The van der Waals surface area contributed by atoms with Gasteiger partial charge in [0.2, 0.25) is 5.88 Å². The first kappa shape index (κ1) is 20.5. The van der Waals surface area contributed by atoms with E-state index in [0.29, 0.717) is 35.9 Å². The zero-order valence-corrected chi connectivity index (χ0v) is 17.6. The number of nitrogens with zero attached hydrogens (tertiary/aromatic N) is 5. The standard InChI is InChI=1S/C22H24N6O3/c1-4-27-12-11-17(26-27)23-21(30)15-13-16-19(25-22(15)31-3)24-20(28(16)5-2)18(29)14-9-7-6-8-10-14/h6-13,18,29H,4-5H2,1-3H3,(H,23,26,30). The van der Waals surface area contributed by atoms with Crippen LogP contribution < -0.4 is 10.1 Å². The van der Waals surface area contributed by atoms with Crippen LogP contribution in [-0.2, 0) is 13.1 Å². The molecule has 0 saturated heterocycles. The molecule has 1 unspecified atom stereocenters. The van der Waals surface area contributed by atoms with Crippen molar-refractivity contribution in [1.29, 1.82) is 0 Å². The minimum Gasteiger partial charge on any atom is -0.480 e. The molecule has 160 valence electrons. The highest BCUT2D eigenvalue weighted by Gasteiger charge is 2.23. The maximum atomic E-state index is 12.9. The van der Waals surface area contributed by atoms with Crippen molar-refractivity contribution in [2.24, 2.45) is 0 Å². The van der Waals surface area contributed by atoms with Gasteiger partial charge in [-0.15, -0.1) is 0 Å². The average Bonchev–Trinajstić information content (AvgIpc) is 3.41. The van der Waals surface area contributed by atoms with Gasteiger partial charge < -0.3 is 19.7 Å². The number of hydrogen-bond donors (Lipinski definition) is 2. The smallest absolute Gasteiger partial charge is 0.262 e. The molecule has 0 radical (unpaired) electrons. The Labute approximate surface area is 179 Å². The molecule has 1 atom stereocenters. The number of nitrogens with one attached hydrogen (secondary N) is 1. The predicted octanol–water partition coefficient (Wildman–Crippen LogP) is 3.01. The maximum absolute atomic E-state index is 12.9. The second-order valence-electron chi connectivity index (χ2n) is 6.93. The van der Waals surface area contributed by atoms with Crippen LogP contribution >= 0.6 is 0 Å². The van der Waals surface area contributed by atoms with E-state index in [1.807, 2.05) is 48.7 Å². The molecule has 0 saturated carbocycles. The Kier molecular flexibility index (Phi) is 5.68. The zero-order chi connectivity index (χ0) is 22.0.